The number of rotatable bonds is 9. The molecule has 3 amide bonds. The number of aliphatic hydroxyl groups is 1. The first kappa shape index (κ1) is 33.6. The number of amides is 3. The van der Waals surface area contributed by atoms with E-state index in [-0.39, 0.29) is 54.6 Å². The Labute approximate surface area is 275 Å². The van der Waals surface area contributed by atoms with Crippen LogP contribution in [0.15, 0.2) is 89.8 Å². The molecule has 4 aromatic rings. The van der Waals surface area contributed by atoms with Crippen LogP contribution in [-0.4, -0.2) is 81.3 Å². The third-order valence-electron chi connectivity index (χ3n) is 8.37. The van der Waals surface area contributed by atoms with Crippen molar-refractivity contribution in [3.8, 4) is 11.5 Å². The maximum absolute atomic E-state index is 13.6. The van der Waals surface area contributed by atoms with E-state index in [9.17, 15) is 23.1 Å². The molecule has 5 rings (SSSR count). The Morgan fingerprint density at radius 3 is 2.53 bits per heavy atom. The predicted octanol–water partition coefficient (Wildman–Crippen LogP) is 4.96. The van der Waals surface area contributed by atoms with Crippen LogP contribution in [0.5, 0.6) is 11.5 Å². The van der Waals surface area contributed by atoms with Gasteiger partial charge in [-0.25, -0.2) is 13.2 Å². The normalized spacial score (nSPS) is 17.4. The van der Waals surface area contributed by atoms with E-state index in [4.69, 9.17) is 9.47 Å². The number of benzene rings is 4. The van der Waals surface area contributed by atoms with E-state index in [1.165, 1.54) is 19.2 Å². The average molecular weight is 661 g/mol. The molecule has 0 spiro atoms. The van der Waals surface area contributed by atoms with Crippen LogP contribution in [0.1, 0.15) is 19.4 Å². The summed E-state index contributed by atoms with van der Waals surface area (Å²) in [5.74, 6) is 0.462. The van der Waals surface area contributed by atoms with Gasteiger partial charge in [0.1, 0.15) is 17.6 Å². The topological polar surface area (TPSA) is 138 Å². The van der Waals surface area contributed by atoms with Gasteiger partial charge in [-0.15, -0.1) is 0 Å². The summed E-state index contributed by atoms with van der Waals surface area (Å²) >= 11 is 0. The molecule has 3 atom stereocenters. The highest BCUT2D eigenvalue weighted by Gasteiger charge is 2.32. The van der Waals surface area contributed by atoms with Crippen molar-refractivity contribution in [3.05, 3.63) is 90.5 Å². The van der Waals surface area contributed by atoms with Gasteiger partial charge < -0.3 is 29.7 Å². The maximum atomic E-state index is 13.6. The van der Waals surface area contributed by atoms with E-state index in [1.807, 2.05) is 49.4 Å². The molecule has 248 valence electrons. The molecule has 0 aromatic heterocycles. The first-order valence-corrected chi connectivity index (χ1v) is 16.8. The van der Waals surface area contributed by atoms with Gasteiger partial charge in [0.05, 0.1) is 43.3 Å². The molecule has 4 aromatic carbocycles. The molecular weight excluding hydrogens is 620 g/mol. The number of urea groups is 1. The number of ether oxygens (including phenoxy) is 2. The second-order valence-electron chi connectivity index (χ2n) is 11.8. The largest absolute Gasteiger partial charge is 0.497 e. The van der Waals surface area contributed by atoms with Gasteiger partial charge >= 0.3 is 6.03 Å². The van der Waals surface area contributed by atoms with Crippen molar-refractivity contribution >= 4 is 44.1 Å². The average Bonchev–Trinajstić information content (AvgIpc) is 3.11. The molecule has 0 fully saturated rings. The first-order chi connectivity index (χ1) is 22.5. The monoisotopic (exact) mass is 660 g/mol. The smallest absolute Gasteiger partial charge is 0.321 e. The van der Waals surface area contributed by atoms with Gasteiger partial charge in [-0.1, -0.05) is 43.3 Å². The highest BCUT2D eigenvalue weighted by molar-refractivity contribution is 7.92. The van der Waals surface area contributed by atoms with E-state index >= 15 is 0 Å². The van der Waals surface area contributed by atoms with Gasteiger partial charge in [-0.3, -0.25) is 9.52 Å². The summed E-state index contributed by atoms with van der Waals surface area (Å²) in [6, 6.07) is 23.5. The standard InChI is InChI=1S/C35H40N4O7S/c1-23-20-39(24(2)22-40)34(41)19-26-18-27(37-47(43,44)29-15-13-28(45-4)14-16-29)12-17-32(26)46-33(23)21-38(3)35(42)36-31-11-7-9-25-8-5-6-10-30(25)31/h5-18,23-24,33,37,40H,19-22H2,1-4H3,(H,36,42)/t23-,24+,33+/m1/s1. The van der Waals surface area contributed by atoms with Gasteiger partial charge in [-0.05, 0) is 60.8 Å². The zero-order chi connectivity index (χ0) is 33.7. The van der Waals surface area contributed by atoms with Crippen molar-refractivity contribution in [2.75, 3.05) is 43.9 Å². The molecule has 12 heteroatoms. The SMILES string of the molecule is COc1ccc(S(=O)(=O)Nc2ccc3c(c2)CC(=O)N([C@@H](C)CO)C[C@@H](C)[C@H](CN(C)C(=O)Nc2cccc4ccccc24)O3)cc1. The summed E-state index contributed by atoms with van der Waals surface area (Å²) in [5.41, 5.74) is 1.42. The molecule has 0 saturated carbocycles. The van der Waals surface area contributed by atoms with E-state index in [0.717, 1.165) is 10.8 Å². The van der Waals surface area contributed by atoms with Crippen molar-refractivity contribution in [3.63, 3.8) is 0 Å². The van der Waals surface area contributed by atoms with Gasteiger partial charge in [0, 0.05) is 36.1 Å². The van der Waals surface area contributed by atoms with Gasteiger partial charge in [0.25, 0.3) is 10.0 Å². The van der Waals surface area contributed by atoms with Crippen molar-refractivity contribution < 1.29 is 32.6 Å². The second-order valence-corrected chi connectivity index (χ2v) is 13.5. The van der Waals surface area contributed by atoms with Crippen LogP contribution in [0.3, 0.4) is 0 Å². The summed E-state index contributed by atoms with van der Waals surface area (Å²) in [7, 11) is -0.761. The Kier molecular flexibility index (Phi) is 10.2. The summed E-state index contributed by atoms with van der Waals surface area (Å²) in [6.07, 6.45) is -0.618. The van der Waals surface area contributed by atoms with Crippen molar-refractivity contribution in [1.29, 1.82) is 0 Å². The van der Waals surface area contributed by atoms with Gasteiger partial charge in [-0.2, -0.15) is 0 Å². The van der Waals surface area contributed by atoms with Crippen LogP contribution in [-0.2, 0) is 21.2 Å². The van der Waals surface area contributed by atoms with Crippen LogP contribution in [0.25, 0.3) is 10.8 Å². The minimum atomic E-state index is -3.94. The Bertz CT molecular complexity index is 1840. The number of anilines is 2. The number of carbonyl (C=O) groups is 2. The quantitative estimate of drug-likeness (QED) is 0.231. The Hall–Kier alpha value is -4.81. The number of hydrogen-bond acceptors (Lipinski definition) is 7. The number of carbonyl (C=O) groups excluding carboxylic acids is 2. The molecule has 1 aliphatic heterocycles. The Morgan fingerprint density at radius 2 is 1.81 bits per heavy atom. The van der Waals surface area contributed by atoms with Crippen LogP contribution in [0, 0.1) is 5.92 Å². The number of likely N-dealkylation sites (N-methyl/N-ethyl adjacent to an activating group) is 1. The molecule has 0 unspecified atom stereocenters. The minimum Gasteiger partial charge on any atom is -0.497 e. The lowest BCUT2D eigenvalue weighted by Gasteiger charge is -2.34. The third kappa shape index (κ3) is 7.78. The van der Waals surface area contributed by atoms with E-state index in [2.05, 4.69) is 10.0 Å². The predicted molar refractivity (Wildman–Crippen MR) is 181 cm³/mol. The summed E-state index contributed by atoms with van der Waals surface area (Å²) in [6.45, 7) is 3.95. The molecule has 3 N–H and O–H groups in total. The summed E-state index contributed by atoms with van der Waals surface area (Å²) in [5, 5.41) is 14.9. The molecule has 0 aliphatic carbocycles. The molecular formula is C35H40N4O7S. The number of sulfonamides is 1. The zero-order valence-electron chi connectivity index (χ0n) is 26.8. The second kappa shape index (κ2) is 14.3. The molecule has 0 radical (unpaired) electrons. The van der Waals surface area contributed by atoms with E-state index in [0.29, 0.717) is 22.7 Å². The number of methoxy groups -OCH3 is 1. The van der Waals surface area contributed by atoms with Crippen LogP contribution in [0.4, 0.5) is 16.2 Å². The fraction of sp³-hybridized carbons (Fsp3) is 0.314. The van der Waals surface area contributed by atoms with Gasteiger partial charge in [0.2, 0.25) is 5.91 Å². The van der Waals surface area contributed by atoms with Crippen LogP contribution >= 0.6 is 0 Å². The number of nitrogens with zero attached hydrogens (tertiary/aromatic N) is 2. The number of aliphatic hydroxyl groups excluding tert-OH is 1. The number of fused-ring (bicyclic) bond motifs is 2. The van der Waals surface area contributed by atoms with Gasteiger partial charge in [0.15, 0.2) is 0 Å². The van der Waals surface area contributed by atoms with Crippen LogP contribution < -0.4 is 19.5 Å². The fourth-order valence-corrected chi connectivity index (χ4v) is 6.63. The highest BCUT2D eigenvalue weighted by atomic mass is 32.2. The fourth-order valence-electron chi connectivity index (χ4n) is 5.58. The third-order valence-corrected chi connectivity index (χ3v) is 9.77. The molecule has 1 aliphatic rings. The highest BCUT2D eigenvalue weighted by Crippen LogP contribution is 2.31. The van der Waals surface area contributed by atoms with Crippen LogP contribution in [0.2, 0.25) is 0 Å². The number of hydrogen-bond donors (Lipinski definition) is 3. The Balaban J connectivity index is 1.40. The molecule has 11 nitrogen and oxygen atoms in total. The van der Waals surface area contributed by atoms with E-state index < -0.39 is 22.2 Å². The molecule has 0 bridgehead atoms. The zero-order valence-corrected chi connectivity index (χ0v) is 27.7. The molecule has 0 saturated heterocycles. The lowest BCUT2D eigenvalue weighted by Crippen LogP contribution is -2.48. The molecule has 47 heavy (non-hydrogen) atoms. The maximum Gasteiger partial charge on any atom is 0.321 e. The first-order valence-electron chi connectivity index (χ1n) is 15.4. The number of nitrogens with one attached hydrogen (secondary N) is 2. The molecule has 1 heterocycles. The van der Waals surface area contributed by atoms with E-state index in [1.54, 1.807) is 54.1 Å². The van der Waals surface area contributed by atoms with Crippen molar-refractivity contribution in [2.45, 2.75) is 37.3 Å². The summed E-state index contributed by atoms with van der Waals surface area (Å²) in [4.78, 5) is 30.2. The van der Waals surface area contributed by atoms with Crippen molar-refractivity contribution in [2.24, 2.45) is 5.92 Å². The summed E-state index contributed by atoms with van der Waals surface area (Å²) < 4.78 is 40.5. The lowest BCUT2D eigenvalue weighted by molar-refractivity contribution is -0.134. The Morgan fingerprint density at radius 1 is 1.09 bits per heavy atom. The minimum absolute atomic E-state index is 0.0517. The van der Waals surface area contributed by atoms with Crippen molar-refractivity contribution in [1.82, 2.24) is 9.80 Å². The lowest BCUT2D eigenvalue weighted by atomic mass is 10.0.